The van der Waals surface area contributed by atoms with Gasteiger partial charge in [0.1, 0.15) is 5.56 Å². The quantitative estimate of drug-likeness (QED) is 0.489. The second-order valence-electron chi connectivity index (χ2n) is 5.56. The fourth-order valence-corrected chi connectivity index (χ4v) is 2.52. The van der Waals surface area contributed by atoms with Gasteiger partial charge in [-0.3, -0.25) is 19.9 Å². The zero-order chi connectivity index (χ0) is 19.8. The molecule has 0 aliphatic carbocycles. The highest BCUT2D eigenvalue weighted by Gasteiger charge is 2.28. The van der Waals surface area contributed by atoms with Crippen LogP contribution in [0.4, 0.5) is 5.69 Å². The summed E-state index contributed by atoms with van der Waals surface area (Å²) in [5.74, 6) is -0.0862. The van der Waals surface area contributed by atoms with Crippen LogP contribution in [0.25, 0.3) is 0 Å². The third-order valence-electron chi connectivity index (χ3n) is 3.90. The van der Waals surface area contributed by atoms with Gasteiger partial charge in [-0.25, -0.2) is 0 Å². The number of carbonyl (C=O) groups excluding carboxylic acids is 1. The van der Waals surface area contributed by atoms with Crippen molar-refractivity contribution in [3.63, 3.8) is 0 Å². The molecular formula is C18H21N3O6. The molecule has 9 nitrogen and oxygen atoms in total. The normalized spacial score (nSPS) is 10.3. The van der Waals surface area contributed by atoms with Crippen LogP contribution in [0, 0.1) is 10.1 Å². The maximum atomic E-state index is 13.1. The van der Waals surface area contributed by atoms with Crippen molar-refractivity contribution in [2.45, 2.75) is 6.54 Å². The Kier molecular flexibility index (Phi) is 7.07. The molecular weight excluding hydrogens is 354 g/mol. The Hall–Kier alpha value is -3.20. The van der Waals surface area contributed by atoms with Gasteiger partial charge in [0.2, 0.25) is 0 Å². The summed E-state index contributed by atoms with van der Waals surface area (Å²) >= 11 is 0. The van der Waals surface area contributed by atoms with E-state index in [1.54, 1.807) is 24.5 Å². The number of nitrogens with zero attached hydrogens (tertiary/aromatic N) is 3. The van der Waals surface area contributed by atoms with Crippen LogP contribution in [-0.2, 0) is 11.3 Å². The fraction of sp³-hybridized carbons (Fsp3) is 0.333. The standard InChI is InChI=1S/C18H21N3O6/c1-25-9-8-20(12-13-4-6-19-7-5-13)18(22)14-10-16(26-2)17(27-3)11-15(14)21(23)24/h4-7,10-11H,8-9,12H2,1-3H3. The number of methoxy groups -OCH3 is 3. The Morgan fingerprint density at radius 1 is 1.15 bits per heavy atom. The molecule has 0 fully saturated rings. The molecule has 1 heterocycles. The first kappa shape index (κ1) is 20.1. The minimum Gasteiger partial charge on any atom is -0.493 e. The number of pyridine rings is 1. The van der Waals surface area contributed by atoms with Crippen LogP contribution >= 0.6 is 0 Å². The van der Waals surface area contributed by atoms with Crippen LogP contribution < -0.4 is 9.47 Å². The van der Waals surface area contributed by atoms with Crippen molar-refractivity contribution in [2.24, 2.45) is 0 Å². The molecule has 0 saturated heterocycles. The lowest BCUT2D eigenvalue weighted by atomic mass is 10.1. The molecule has 0 bridgehead atoms. The average molecular weight is 375 g/mol. The number of nitro groups is 1. The third kappa shape index (κ3) is 4.91. The van der Waals surface area contributed by atoms with E-state index >= 15 is 0 Å². The third-order valence-corrected chi connectivity index (χ3v) is 3.90. The van der Waals surface area contributed by atoms with Gasteiger partial charge in [-0.2, -0.15) is 0 Å². The molecule has 0 aliphatic rings. The highest BCUT2D eigenvalue weighted by Crippen LogP contribution is 2.35. The van der Waals surface area contributed by atoms with Gasteiger partial charge < -0.3 is 19.1 Å². The molecule has 9 heteroatoms. The summed E-state index contributed by atoms with van der Waals surface area (Å²) in [6.07, 6.45) is 3.24. The number of carbonyl (C=O) groups is 1. The Balaban J connectivity index is 2.44. The zero-order valence-electron chi connectivity index (χ0n) is 15.4. The van der Waals surface area contributed by atoms with E-state index < -0.39 is 10.8 Å². The molecule has 0 spiro atoms. The lowest BCUT2D eigenvalue weighted by molar-refractivity contribution is -0.385. The summed E-state index contributed by atoms with van der Waals surface area (Å²) in [6, 6.07) is 6.06. The monoisotopic (exact) mass is 375 g/mol. The van der Waals surface area contributed by atoms with E-state index in [1.165, 1.54) is 38.4 Å². The van der Waals surface area contributed by atoms with E-state index in [0.717, 1.165) is 5.56 Å². The first-order chi connectivity index (χ1) is 13.0. The number of hydrogen-bond donors (Lipinski definition) is 0. The summed E-state index contributed by atoms with van der Waals surface area (Å²) < 4.78 is 15.4. The molecule has 0 radical (unpaired) electrons. The number of rotatable bonds is 9. The van der Waals surface area contributed by atoms with Gasteiger partial charge in [-0.1, -0.05) is 0 Å². The van der Waals surface area contributed by atoms with Crippen LogP contribution in [0.2, 0.25) is 0 Å². The maximum Gasteiger partial charge on any atom is 0.286 e. The van der Waals surface area contributed by atoms with Crippen molar-refractivity contribution in [2.75, 3.05) is 34.5 Å². The molecule has 1 aromatic carbocycles. The van der Waals surface area contributed by atoms with Crippen molar-refractivity contribution in [3.05, 3.63) is 57.9 Å². The van der Waals surface area contributed by atoms with Gasteiger partial charge in [0.25, 0.3) is 11.6 Å². The van der Waals surface area contributed by atoms with Crippen LogP contribution in [0.5, 0.6) is 11.5 Å². The SMILES string of the molecule is COCCN(Cc1ccncc1)C(=O)c1cc(OC)c(OC)cc1[N+](=O)[O-]. The predicted molar refractivity (Wildman–Crippen MR) is 97.1 cm³/mol. The van der Waals surface area contributed by atoms with Gasteiger partial charge >= 0.3 is 0 Å². The topological polar surface area (TPSA) is 104 Å². The van der Waals surface area contributed by atoms with Crippen LogP contribution in [-0.4, -0.2) is 55.2 Å². The Morgan fingerprint density at radius 3 is 2.33 bits per heavy atom. The van der Waals surface area contributed by atoms with Gasteiger partial charge in [0.15, 0.2) is 11.5 Å². The van der Waals surface area contributed by atoms with E-state index in [-0.39, 0.29) is 42.4 Å². The van der Waals surface area contributed by atoms with Crippen molar-refractivity contribution in [1.29, 1.82) is 0 Å². The summed E-state index contributed by atoms with van der Waals surface area (Å²) in [7, 11) is 4.29. The number of aromatic nitrogens is 1. The Bertz CT molecular complexity index is 797. The second kappa shape index (κ2) is 9.48. The molecule has 1 amide bonds. The van der Waals surface area contributed by atoms with Crippen molar-refractivity contribution < 1.29 is 23.9 Å². The first-order valence-electron chi connectivity index (χ1n) is 8.09. The number of hydrogen-bond acceptors (Lipinski definition) is 7. The van der Waals surface area contributed by atoms with E-state index in [9.17, 15) is 14.9 Å². The predicted octanol–water partition coefficient (Wildman–Crippen LogP) is 2.30. The zero-order valence-corrected chi connectivity index (χ0v) is 15.4. The van der Waals surface area contributed by atoms with E-state index in [4.69, 9.17) is 14.2 Å². The highest BCUT2D eigenvalue weighted by atomic mass is 16.6. The first-order valence-corrected chi connectivity index (χ1v) is 8.09. The molecule has 144 valence electrons. The largest absolute Gasteiger partial charge is 0.493 e. The van der Waals surface area contributed by atoms with Crippen molar-refractivity contribution in [3.8, 4) is 11.5 Å². The minimum atomic E-state index is -0.615. The van der Waals surface area contributed by atoms with Crippen LogP contribution in [0.1, 0.15) is 15.9 Å². The van der Waals surface area contributed by atoms with Gasteiger partial charge in [0.05, 0.1) is 31.8 Å². The van der Waals surface area contributed by atoms with E-state index in [0.29, 0.717) is 0 Å². The smallest absolute Gasteiger partial charge is 0.286 e. The molecule has 0 aliphatic heterocycles. The van der Waals surface area contributed by atoms with E-state index in [2.05, 4.69) is 4.98 Å². The minimum absolute atomic E-state index is 0.0807. The maximum absolute atomic E-state index is 13.1. The number of benzene rings is 1. The lowest BCUT2D eigenvalue weighted by Gasteiger charge is -2.23. The second-order valence-corrected chi connectivity index (χ2v) is 5.56. The molecule has 0 atom stereocenters. The Morgan fingerprint density at radius 2 is 1.78 bits per heavy atom. The molecule has 1 aromatic heterocycles. The Labute approximate surface area is 156 Å². The summed E-state index contributed by atoms with van der Waals surface area (Å²) in [5.41, 5.74) is 0.412. The number of nitro benzene ring substituents is 1. The number of amides is 1. The van der Waals surface area contributed by atoms with Crippen molar-refractivity contribution >= 4 is 11.6 Å². The molecule has 2 rings (SSSR count). The van der Waals surface area contributed by atoms with Gasteiger partial charge in [0, 0.05) is 38.7 Å². The molecule has 27 heavy (non-hydrogen) atoms. The molecule has 0 N–H and O–H groups in total. The summed E-state index contributed by atoms with van der Waals surface area (Å²) in [4.78, 5) is 29.4. The molecule has 0 saturated carbocycles. The lowest BCUT2D eigenvalue weighted by Crippen LogP contribution is -2.34. The highest BCUT2D eigenvalue weighted by molar-refractivity contribution is 5.99. The van der Waals surface area contributed by atoms with E-state index in [1.807, 2.05) is 0 Å². The van der Waals surface area contributed by atoms with Gasteiger partial charge in [-0.05, 0) is 17.7 Å². The molecule has 0 unspecified atom stereocenters. The average Bonchev–Trinajstić information content (AvgIpc) is 2.70. The summed E-state index contributed by atoms with van der Waals surface area (Å²) in [5, 5.41) is 11.5. The van der Waals surface area contributed by atoms with Gasteiger partial charge in [-0.15, -0.1) is 0 Å². The van der Waals surface area contributed by atoms with Crippen LogP contribution in [0.15, 0.2) is 36.7 Å². The van der Waals surface area contributed by atoms with Crippen molar-refractivity contribution in [1.82, 2.24) is 9.88 Å². The summed E-state index contributed by atoms with van der Waals surface area (Å²) in [6.45, 7) is 0.817. The fourth-order valence-electron chi connectivity index (χ4n) is 2.52. The number of ether oxygens (including phenoxy) is 3. The van der Waals surface area contributed by atoms with Crippen LogP contribution in [0.3, 0.4) is 0 Å². The molecule has 2 aromatic rings.